The average Bonchev–Trinajstić information content (AvgIpc) is 2.67. The number of amides is 1. The van der Waals surface area contributed by atoms with Crippen molar-refractivity contribution in [3.05, 3.63) is 0 Å². The van der Waals surface area contributed by atoms with E-state index in [1.54, 1.807) is 7.05 Å². The van der Waals surface area contributed by atoms with E-state index in [0.29, 0.717) is 39.3 Å². The van der Waals surface area contributed by atoms with Gasteiger partial charge in [0.2, 0.25) is 5.91 Å². The van der Waals surface area contributed by atoms with Crippen LogP contribution in [0.25, 0.3) is 0 Å². The van der Waals surface area contributed by atoms with Crippen molar-refractivity contribution in [3.63, 3.8) is 0 Å². The molecule has 0 aromatic heterocycles. The molecule has 1 fully saturated rings. The molecular weight excluding hydrogens is 398 g/mol. The van der Waals surface area contributed by atoms with E-state index in [4.69, 9.17) is 15.3 Å². The number of hydrogen-bond acceptors (Lipinski definition) is 8. The van der Waals surface area contributed by atoms with E-state index in [9.17, 15) is 19.2 Å². The van der Waals surface area contributed by atoms with Crippen molar-refractivity contribution in [2.45, 2.75) is 19.3 Å². The summed E-state index contributed by atoms with van der Waals surface area (Å²) in [5, 5.41) is 28.3. The van der Waals surface area contributed by atoms with E-state index in [-0.39, 0.29) is 32.1 Å². The zero-order valence-electron chi connectivity index (χ0n) is 17.6. The van der Waals surface area contributed by atoms with Crippen LogP contribution in [0.5, 0.6) is 0 Å². The molecule has 174 valence electrons. The highest BCUT2D eigenvalue weighted by Gasteiger charge is 2.17. The summed E-state index contributed by atoms with van der Waals surface area (Å²) in [7, 11) is 1.58. The molecular formula is C18H35N5O7. The number of aliphatic carboxylic acids is 3. The van der Waals surface area contributed by atoms with E-state index in [1.165, 1.54) is 0 Å². The van der Waals surface area contributed by atoms with Crippen LogP contribution in [-0.2, 0) is 19.2 Å². The molecule has 0 spiro atoms. The van der Waals surface area contributed by atoms with Gasteiger partial charge in [0, 0.05) is 33.2 Å². The molecule has 1 heterocycles. The molecule has 6 N–H and O–H groups in total. The molecule has 0 aromatic carbocycles. The largest absolute Gasteiger partial charge is 0.480 e. The van der Waals surface area contributed by atoms with E-state index in [1.807, 2.05) is 14.7 Å². The summed E-state index contributed by atoms with van der Waals surface area (Å²) in [4.78, 5) is 48.7. The standard InChI is InChI=1S/C16H30N4O5.C2H5NO2/c1-17-14(21)11-20-9-7-18(12-15(22)23)5-3-2-4-6-19(8-10-20)13-16(24)25;3-1-2(4)5/h2-13H2,1H3,(H,17,21)(H,22,23)(H,24,25);1,3H2,(H,4,5). The Labute approximate surface area is 176 Å². The molecule has 1 amide bonds. The minimum Gasteiger partial charge on any atom is -0.480 e. The van der Waals surface area contributed by atoms with Crippen LogP contribution >= 0.6 is 0 Å². The van der Waals surface area contributed by atoms with Crippen LogP contribution in [0.3, 0.4) is 0 Å². The molecule has 0 aromatic rings. The van der Waals surface area contributed by atoms with Crippen LogP contribution < -0.4 is 11.1 Å². The van der Waals surface area contributed by atoms with Gasteiger partial charge in [0.15, 0.2) is 0 Å². The topological polar surface area (TPSA) is 177 Å². The van der Waals surface area contributed by atoms with Gasteiger partial charge in [0.05, 0.1) is 26.2 Å². The fourth-order valence-corrected chi connectivity index (χ4v) is 2.89. The van der Waals surface area contributed by atoms with Crippen molar-refractivity contribution in [1.29, 1.82) is 0 Å². The maximum atomic E-state index is 11.7. The quantitative estimate of drug-likeness (QED) is 0.301. The van der Waals surface area contributed by atoms with Crippen molar-refractivity contribution in [1.82, 2.24) is 20.0 Å². The third kappa shape index (κ3) is 15.6. The fraction of sp³-hybridized carbons (Fsp3) is 0.778. The maximum Gasteiger partial charge on any atom is 0.317 e. The van der Waals surface area contributed by atoms with Crippen LogP contribution in [-0.4, -0.2) is 126 Å². The smallest absolute Gasteiger partial charge is 0.317 e. The highest BCUT2D eigenvalue weighted by Crippen LogP contribution is 2.05. The predicted octanol–water partition coefficient (Wildman–Crippen LogP) is -1.98. The third-order valence-corrected chi connectivity index (χ3v) is 4.45. The lowest BCUT2D eigenvalue weighted by Gasteiger charge is -2.30. The van der Waals surface area contributed by atoms with E-state index in [2.05, 4.69) is 11.1 Å². The lowest BCUT2D eigenvalue weighted by atomic mass is 10.2. The molecule has 12 heteroatoms. The molecule has 1 aliphatic heterocycles. The van der Waals surface area contributed by atoms with Crippen molar-refractivity contribution in [2.75, 3.05) is 72.5 Å². The maximum absolute atomic E-state index is 11.7. The molecule has 0 bridgehead atoms. The Morgan fingerprint density at radius 2 is 1.07 bits per heavy atom. The van der Waals surface area contributed by atoms with Gasteiger partial charge in [-0.05, 0) is 25.9 Å². The van der Waals surface area contributed by atoms with Crippen molar-refractivity contribution in [2.24, 2.45) is 5.73 Å². The van der Waals surface area contributed by atoms with Crippen LogP contribution in [0.15, 0.2) is 0 Å². The third-order valence-electron chi connectivity index (χ3n) is 4.45. The number of carbonyl (C=O) groups is 4. The van der Waals surface area contributed by atoms with Gasteiger partial charge in [0.25, 0.3) is 0 Å². The van der Waals surface area contributed by atoms with Crippen LogP contribution in [0.2, 0.25) is 0 Å². The minimum atomic E-state index is -0.968. The van der Waals surface area contributed by atoms with Gasteiger partial charge in [-0.3, -0.25) is 33.9 Å². The van der Waals surface area contributed by atoms with Gasteiger partial charge in [0.1, 0.15) is 0 Å². The SMILES string of the molecule is CNC(=O)CN1CCN(CC(=O)O)CCCCCN(CC(=O)O)CC1.NCC(=O)O. The number of likely N-dealkylation sites (N-methyl/N-ethyl adjacent to an activating group) is 1. The monoisotopic (exact) mass is 433 g/mol. The second kappa shape index (κ2) is 16.5. The molecule has 0 aliphatic carbocycles. The predicted molar refractivity (Wildman–Crippen MR) is 109 cm³/mol. The second-order valence-electron chi connectivity index (χ2n) is 6.95. The Balaban J connectivity index is 0.00000150. The first-order chi connectivity index (χ1) is 14.2. The van der Waals surface area contributed by atoms with Crippen LogP contribution in [0.4, 0.5) is 0 Å². The molecule has 30 heavy (non-hydrogen) atoms. The molecule has 1 saturated heterocycles. The summed E-state index contributed by atoms with van der Waals surface area (Å²) in [6.07, 6.45) is 2.70. The summed E-state index contributed by atoms with van der Waals surface area (Å²) < 4.78 is 0. The number of carboxylic acids is 3. The van der Waals surface area contributed by atoms with Crippen molar-refractivity contribution < 1.29 is 34.5 Å². The zero-order chi connectivity index (χ0) is 22.9. The molecule has 0 atom stereocenters. The molecule has 0 saturated carbocycles. The van der Waals surface area contributed by atoms with Gasteiger partial charge in [-0.1, -0.05) is 6.42 Å². The normalized spacial score (nSPS) is 17.5. The first kappa shape index (κ1) is 27.7. The van der Waals surface area contributed by atoms with Gasteiger partial charge in [-0.2, -0.15) is 0 Å². The molecule has 1 rings (SSSR count). The number of nitrogens with two attached hydrogens (primary N) is 1. The molecule has 0 radical (unpaired) electrons. The number of carboxylic acid groups (broad SMARTS) is 3. The Hall–Kier alpha value is -2.28. The second-order valence-corrected chi connectivity index (χ2v) is 6.95. The van der Waals surface area contributed by atoms with Gasteiger partial charge < -0.3 is 26.4 Å². The van der Waals surface area contributed by atoms with E-state index in [0.717, 1.165) is 19.3 Å². The highest BCUT2D eigenvalue weighted by molar-refractivity contribution is 5.77. The number of carbonyl (C=O) groups excluding carboxylic acids is 1. The summed E-state index contributed by atoms with van der Waals surface area (Å²) >= 11 is 0. The zero-order valence-corrected chi connectivity index (χ0v) is 17.6. The van der Waals surface area contributed by atoms with Gasteiger partial charge in [-0.15, -0.1) is 0 Å². The Morgan fingerprint density at radius 1 is 0.700 bits per heavy atom. The number of rotatable bonds is 7. The first-order valence-corrected chi connectivity index (χ1v) is 9.91. The lowest BCUT2D eigenvalue weighted by molar-refractivity contribution is -0.139. The summed E-state index contributed by atoms with van der Waals surface area (Å²) in [5.74, 6) is -2.78. The average molecular weight is 434 g/mol. The molecule has 1 aliphatic rings. The molecule has 12 nitrogen and oxygen atoms in total. The molecule has 0 unspecified atom stereocenters. The number of nitrogens with one attached hydrogen (secondary N) is 1. The number of hydrogen-bond donors (Lipinski definition) is 5. The van der Waals surface area contributed by atoms with E-state index >= 15 is 0 Å². The Kier molecular flexibility index (Phi) is 15.3. The summed E-state index contributed by atoms with van der Waals surface area (Å²) in [6.45, 7) is 3.61. The Morgan fingerprint density at radius 3 is 1.37 bits per heavy atom. The van der Waals surface area contributed by atoms with Gasteiger partial charge in [-0.25, -0.2) is 0 Å². The fourth-order valence-electron chi connectivity index (χ4n) is 2.89. The lowest BCUT2D eigenvalue weighted by Crippen LogP contribution is -2.46. The Bertz CT molecular complexity index is 517. The highest BCUT2D eigenvalue weighted by atomic mass is 16.4. The summed E-state index contributed by atoms with van der Waals surface area (Å²) in [5.41, 5.74) is 4.57. The summed E-state index contributed by atoms with van der Waals surface area (Å²) in [6, 6.07) is 0. The van der Waals surface area contributed by atoms with Crippen molar-refractivity contribution in [3.8, 4) is 0 Å². The minimum absolute atomic E-state index is 0.00104. The van der Waals surface area contributed by atoms with Gasteiger partial charge >= 0.3 is 17.9 Å². The van der Waals surface area contributed by atoms with Crippen molar-refractivity contribution >= 4 is 23.8 Å². The van der Waals surface area contributed by atoms with E-state index < -0.39 is 17.9 Å². The van der Waals surface area contributed by atoms with Crippen LogP contribution in [0, 0.1) is 0 Å². The first-order valence-electron chi connectivity index (χ1n) is 9.91. The number of nitrogens with zero attached hydrogens (tertiary/aromatic N) is 3. The van der Waals surface area contributed by atoms with Crippen LogP contribution in [0.1, 0.15) is 19.3 Å².